The molecule has 1 aromatic heterocycles. The topological polar surface area (TPSA) is 88.7 Å². The summed E-state index contributed by atoms with van der Waals surface area (Å²) in [6.45, 7) is 3.48. The summed E-state index contributed by atoms with van der Waals surface area (Å²) in [7, 11) is 0. The van der Waals surface area contributed by atoms with Gasteiger partial charge >= 0.3 is 5.97 Å². The number of fused-ring (bicyclic) bond motifs is 1. The van der Waals surface area contributed by atoms with Gasteiger partial charge in [-0.1, -0.05) is 18.1 Å². The Morgan fingerprint density at radius 1 is 1.48 bits per heavy atom. The van der Waals surface area contributed by atoms with Crippen LogP contribution >= 0.6 is 0 Å². The molecule has 0 spiro atoms. The van der Waals surface area contributed by atoms with Gasteiger partial charge in [0.15, 0.2) is 11.6 Å². The van der Waals surface area contributed by atoms with Gasteiger partial charge in [0.1, 0.15) is 12.2 Å². The monoisotopic (exact) mass is 289 g/mol. The van der Waals surface area contributed by atoms with Crippen LogP contribution < -0.4 is 9.64 Å². The van der Waals surface area contributed by atoms with Crippen LogP contribution in [-0.4, -0.2) is 34.4 Å². The van der Waals surface area contributed by atoms with Crippen LogP contribution in [0.2, 0.25) is 0 Å². The maximum atomic E-state index is 11.2. The molecule has 0 radical (unpaired) electrons. The summed E-state index contributed by atoms with van der Waals surface area (Å²) in [6.07, 6.45) is 0.690. The number of rotatable bonds is 4. The van der Waals surface area contributed by atoms with Crippen molar-refractivity contribution in [1.29, 1.82) is 0 Å². The molecule has 1 N–H and O–H groups in total. The molecule has 1 aromatic carbocycles. The number of aryl methyl sites for hydroxylation is 1. The number of anilines is 1. The molecule has 1 aliphatic heterocycles. The number of carbonyl (C=O) groups is 1. The van der Waals surface area contributed by atoms with Gasteiger partial charge in [-0.2, -0.15) is 4.98 Å². The van der Waals surface area contributed by atoms with Crippen LogP contribution in [0.15, 0.2) is 22.7 Å². The number of nitrogens with zero attached hydrogens (tertiary/aromatic N) is 3. The van der Waals surface area contributed by atoms with Gasteiger partial charge in [-0.15, -0.1) is 0 Å². The van der Waals surface area contributed by atoms with Crippen LogP contribution in [0, 0.1) is 0 Å². The molecule has 21 heavy (non-hydrogen) atoms. The first-order valence-electron chi connectivity index (χ1n) is 6.74. The lowest BCUT2D eigenvalue weighted by atomic mass is 10.1. The molecule has 2 heterocycles. The van der Waals surface area contributed by atoms with Crippen LogP contribution in [0.5, 0.6) is 5.75 Å². The van der Waals surface area contributed by atoms with Crippen molar-refractivity contribution in [3.05, 3.63) is 35.5 Å². The Balaban J connectivity index is 1.90. The van der Waals surface area contributed by atoms with Crippen LogP contribution in [0.3, 0.4) is 0 Å². The molecular formula is C14H15N3O4. The van der Waals surface area contributed by atoms with Gasteiger partial charge in [-0.25, -0.2) is 4.79 Å². The fraction of sp³-hybridized carbons (Fsp3) is 0.357. The van der Waals surface area contributed by atoms with Gasteiger partial charge in [0.2, 0.25) is 5.89 Å². The summed E-state index contributed by atoms with van der Waals surface area (Å²) in [4.78, 5) is 17.5. The highest BCUT2D eigenvalue weighted by Crippen LogP contribution is 2.35. The Labute approximate surface area is 121 Å². The molecule has 0 aliphatic carbocycles. The molecule has 1 aliphatic rings. The van der Waals surface area contributed by atoms with Gasteiger partial charge in [0, 0.05) is 6.42 Å². The van der Waals surface area contributed by atoms with Crippen molar-refractivity contribution in [2.75, 3.05) is 18.1 Å². The number of ether oxygens (including phenoxy) is 1. The zero-order chi connectivity index (χ0) is 14.8. The zero-order valence-corrected chi connectivity index (χ0v) is 11.6. The first-order chi connectivity index (χ1) is 10.2. The second kappa shape index (κ2) is 5.43. The minimum Gasteiger partial charge on any atom is -0.489 e. The minimum atomic E-state index is -0.999. The summed E-state index contributed by atoms with van der Waals surface area (Å²) >= 11 is 0. The largest absolute Gasteiger partial charge is 0.489 e. The van der Waals surface area contributed by atoms with E-state index < -0.39 is 5.97 Å². The first kappa shape index (κ1) is 13.4. The van der Waals surface area contributed by atoms with Crippen molar-refractivity contribution < 1.29 is 19.2 Å². The molecule has 0 bridgehead atoms. The van der Waals surface area contributed by atoms with Crippen molar-refractivity contribution in [2.24, 2.45) is 0 Å². The summed E-state index contributed by atoms with van der Waals surface area (Å²) in [5, 5.41) is 13.1. The average molecular weight is 289 g/mol. The quantitative estimate of drug-likeness (QED) is 0.916. The van der Waals surface area contributed by atoms with Gasteiger partial charge in [-0.3, -0.25) is 0 Å². The second-order valence-corrected chi connectivity index (χ2v) is 4.69. The average Bonchev–Trinajstić information content (AvgIpc) is 2.94. The summed E-state index contributed by atoms with van der Waals surface area (Å²) < 4.78 is 10.6. The van der Waals surface area contributed by atoms with E-state index in [1.807, 2.05) is 17.9 Å². The van der Waals surface area contributed by atoms with Crippen LogP contribution in [-0.2, 0) is 13.0 Å². The fourth-order valence-electron chi connectivity index (χ4n) is 2.31. The molecule has 0 amide bonds. The van der Waals surface area contributed by atoms with Gasteiger partial charge in [-0.05, 0) is 12.1 Å². The van der Waals surface area contributed by atoms with E-state index in [4.69, 9.17) is 9.26 Å². The van der Waals surface area contributed by atoms with E-state index in [0.29, 0.717) is 43.6 Å². The molecular weight excluding hydrogens is 274 g/mol. The highest BCUT2D eigenvalue weighted by Gasteiger charge is 2.24. The SMILES string of the molecule is CCc1nc(CN2CCOc3c(C(=O)O)cccc32)no1. The molecule has 7 heteroatoms. The lowest BCUT2D eigenvalue weighted by molar-refractivity contribution is 0.0692. The van der Waals surface area contributed by atoms with Crippen molar-refractivity contribution >= 4 is 11.7 Å². The van der Waals surface area contributed by atoms with Crippen molar-refractivity contribution in [3.63, 3.8) is 0 Å². The Bertz CT molecular complexity index is 668. The molecule has 0 saturated heterocycles. The number of aromatic carboxylic acids is 1. The number of hydrogen-bond donors (Lipinski definition) is 1. The third kappa shape index (κ3) is 2.54. The van der Waals surface area contributed by atoms with Gasteiger partial charge in [0.05, 0.1) is 18.8 Å². The summed E-state index contributed by atoms with van der Waals surface area (Å²) in [6, 6.07) is 5.08. The number of carboxylic acids is 1. The van der Waals surface area contributed by atoms with E-state index in [9.17, 15) is 9.90 Å². The third-order valence-corrected chi connectivity index (χ3v) is 3.32. The maximum Gasteiger partial charge on any atom is 0.339 e. The highest BCUT2D eigenvalue weighted by molar-refractivity contribution is 5.93. The molecule has 7 nitrogen and oxygen atoms in total. The van der Waals surface area contributed by atoms with Crippen LogP contribution in [0.25, 0.3) is 0 Å². The normalized spacial score (nSPS) is 13.7. The van der Waals surface area contributed by atoms with Crippen molar-refractivity contribution in [3.8, 4) is 5.75 Å². The van der Waals surface area contributed by atoms with E-state index in [1.54, 1.807) is 6.07 Å². The lowest BCUT2D eigenvalue weighted by Crippen LogP contribution is -2.33. The lowest BCUT2D eigenvalue weighted by Gasteiger charge is -2.30. The smallest absolute Gasteiger partial charge is 0.339 e. The van der Waals surface area contributed by atoms with Gasteiger partial charge < -0.3 is 19.3 Å². The molecule has 0 atom stereocenters. The highest BCUT2D eigenvalue weighted by atomic mass is 16.5. The van der Waals surface area contributed by atoms with E-state index in [-0.39, 0.29) is 5.56 Å². The zero-order valence-electron chi connectivity index (χ0n) is 11.6. The Morgan fingerprint density at radius 3 is 3.05 bits per heavy atom. The second-order valence-electron chi connectivity index (χ2n) is 4.69. The van der Waals surface area contributed by atoms with E-state index in [1.165, 1.54) is 6.07 Å². The maximum absolute atomic E-state index is 11.2. The molecule has 2 aromatic rings. The summed E-state index contributed by atoms with van der Waals surface area (Å²) in [5.41, 5.74) is 0.906. The molecule has 0 fully saturated rings. The summed E-state index contributed by atoms with van der Waals surface area (Å²) in [5.74, 6) is 0.579. The fourth-order valence-corrected chi connectivity index (χ4v) is 2.31. The van der Waals surface area contributed by atoms with E-state index >= 15 is 0 Å². The van der Waals surface area contributed by atoms with Crippen molar-refractivity contribution in [1.82, 2.24) is 10.1 Å². The minimum absolute atomic E-state index is 0.166. The standard InChI is InChI=1S/C14H15N3O4/c1-2-12-15-11(16-21-12)8-17-6-7-20-13-9(14(18)19)4-3-5-10(13)17/h3-5H,2,6-8H2,1H3,(H,18,19). The molecule has 110 valence electrons. The molecule has 3 rings (SSSR count). The van der Waals surface area contributed by atoms with Gasteiger partial charge in [0.25, 0.3) is 0 Å². The number of hydrogen-bond acceptors (Lipinski definition) is 6. The van der Waals surface area contributed by atoms with Crippen molar-refractivity contribution in [2.45, 2.75) is 19.9 Å². The van der Waals surface area contributed by atoms with Crippen LogP contribution in [0.1, 0.15) is 29.0 Å². The predicted octanol–water partition coefficient (Wildman–Crippen LogP) is 1.73. The third-order valence-electron chi connectivity index (χ3n) is 3.32. The Morgan fingerprint density at radius 2 is 2.33 bits per heavy atom. The van der Waals surface area contributed by atoms with Crippen LogP contribution in [0.4, 0.5) is 5.69 Å². The number of benzene rings is 1. The number of para-hydroxylation sites is 1. The Hall–Kier alpha value is -2.57. The molecule has 0 unspecified atom stereocenters. The predicted molar refractivity (Wildman–Crippen MR) is 73.6 cm³/mol. The number of aromatic nitrogens is 2. The number of carboxylic acid groups (broad SMARTS) is 1. The first-order valence-corrected chi connectivity index (χ1v) is 6.74. The van der Waals surface area contributed by atoms with E-state index in [2.05, 4.69) is 10.1 Å². The molecule has 0 saturated carbocycles. The Kier molecular flexibility index (Phi) is 3.47. The van der Waals surface area contributed by atoms with E-state index in [0.717, 1.165) is 5.69 Å².